The van der Waals surface area contributed by atoms with Crippen LogP contribution in [-0.4, -0.2) is 41.5 Å². The minimum absolute atomic E-state index is 0.0292. The fraction of sp³-hybridized carbons (Fsp3) is 0.588. The first-order valence-corrected chi connectivity index (χ1v) is 8.07. The number of aliphatic hydroxyl groups excluding tert-OH is 1. The highest BCUT2D eigenvalue weighted by Gasteiger charge is 2.46. The number of carbonyl (C=O) groups is 1. The Kier molecular flexibility index (Phi) is 4.46. The summed E-state index contributed by atoms with van der Waals surface area (Å²) in [6.07, 6.45) is -3.71. The lowest BCUT2D eigenvalue weighted by molar-refractivity contribution is -0.274. The molecular formula is C17H20F3NO3. The lowest BCUT2D eigenvalue weighted by Crippen LogP contribution is -2.46. The number of alkyl halides is 3. The van der Waals surface area contributed by atoms with E-state index in [2.05, 4.69) is 4.74 Å². The van der Waals surface area contributed by atoms with Crippen LogP contribution < -0.4 is 4.74 Å². The van der Waals surface area contributed by atoms with E-state index in [-0.39, 0.29) is 29.4 Å². The summed E-state index contributed by atoms with van der Waals surface area (Å²) in [5.74, 6) is -0.136. The second-order valence-electron chi connectivity index (χ2n) is 6.68. The second kappa shape index (κ2) is 6.27. The molecule has 4 atom stereocenters. The van der Waals surface area contributed by atoms with Crippen molar-refractivity contribution < 1.29 is 27.8 Å². The Labute approximate surface area is 138 Å². The number of ether oxygens (including phenoxy) is 1. The van der Waals surface area contributed by atoms with Gasteiger partial charge in [0, 0.05) is 19.0 Å². The van der Waals surface area contributed by atoms with Crippen molar-refractivity contribution in [2.45, 2.75) is 38.1 Å². The quantitative estimate of drug-likeness (QED) is 0.918. The average molecular weight is 343 g/mol. The van der Waals surface area contributed by atoms with Gasteiger partial charge in [0.1, 0.15) is 5.75 Å². The monoisotopic (exact) mass is 343 g/mol. The molecule has 1 N–H and O–H groups in total. The smallest absolute Gasteiger partial charge is 0.406 e. The zero-order chi connectivity index (χ0) is 17.5. The van der Waals surface area contributed by atoms with E-state index < -0.39 is 12.5 Å². The molecule has 4 nitrogen and oxygen atoms in total. The first kappa shape index (κ1) is 17.1. The van der Waals surface area contributed by atoms with E-state index in [1.54, 1.807) is 17.0 Å². The van der Waals surface area contributed by atoms with Crippen LogP contribution in [0, 0.1) is 11.8 Å². The summed E-state index contributed by atoms with van der Waals surface area (Å²) in [7, 11) is 0. The Morgan fingerprint density at radius 2 is 1.96 bits per heavy atom. The summed E-state index contributed by atoms with van der Waals surface area (Å²) in [5, 5.41) is 9.91. The largest absolute Gasteiger partial charge is 0.573 e. The maximum atomic E-state index is 12.5. The zero-order valence-electron chi connectivity index (χ0n) is 13.3. The van der Waals surface area contributed by atoms with Crippen molar-refractivity contribution in [3.63, 3.8) is 0 Å². The molecule has 4 unspecified atom stereocenters. The highest BCUT2D eigenvalue weighted by Crippen LogP contribution is 2.49. The lowest BCUT2D eigenvalue weighted by atomic mass is 9.95. The van der Waals surface area contributed by atoms with Crippen LogP contribution in [-0.2, 0) is 4.79 Å². The number of hydrogen-bond acceptors (Lipinski definition) is 3. The van der Waals surface area contributed by atoms with Gasteiger partial charge in [-0.05, 0) is 42.4 Å². The van der Waals surface area contributed by atoms with Crippen LogP contribution in [0.25, 0.3) is 0 Å². The van der Waals surface area contributed by atoms with Gasteiger partial charge < -0.3 is 14.7 Å². The third-order valence-corrected chi connectivity index (χ3v) is 4.88. The third kappa shape index (κ3) is 3.83. The van der Waals surface area contributed by atoms with Crippen molar-refractivity contribution in [3.05, 3.63) is 29.8 Å². The molecule has 1 saturated carbocycles. The second-order valence-corrected chi connectivity index (χ2v) is 6.68. The van der Waals surface area contributed by atoms with Crippen molar-refractivity contribution >= 4 is 5.91 Å². The maximum Gasteiger partial charge on any atom is 0.573 e. The van der Waals surface area contributed by atoms with E-state index >= 15 is 0 Å². The summed E-state index contributed by atoms with van der Waals surface area (Å²) in [5.41, 5.74) is 0.841. The molecule has 132 valence electrons. The third-order valence-electron chi connectivity index (χ3n) is 4.88. The van der Waals surface area contributed by atoms with Gasteiger partial charge in [-0.1, -0.05) is 19.1 Å². The summed E-state index contributed by atoms with van der Waals surface area (Å²) in [6.45, 7) is 2.98. The Balaban J connectivity index is 1.58. The van der Waals surface area contributed by atoms with Crippen molar-refractivity contribution in [3.8, 4) is 5.75 Å². The molecule has 1 aromatic rings. The molecular weight excluding hydrogens is 323 g/mol. The molecule has 0 bridgehead atoms. The van der Waals surface area contributed by atoms with Gasteiger partial charge in [-0.25, -0.2) is 0 Å². The van der Waals surface area contributed by atoms with Gasteiger partial charge in [-0.15, -0.1) is 13.2 Å². The number of piperidine rings is 1. The zero-order valence-corrected chi connectivity index (χ0v) is 13.3. The number of likely N-dealkylation sites (tertiary alicyclic amines) is 1. The molecule has 1 saturated heterocycles. The Hall–Kier alpha value is -1.76. The molecule has 2 aliphatic rings. The lowest BCUT2D eigenvalue weighted by Gasteiger charge is -2.34. The van der Waals surface area contributed by atoms with Gasteiger partial charge in [0.05, 0.1) is 6.10 Å². The van der Waals surface area contributed by atoms with Crippen LogP contribution in [0.2, 0.25) is 0 Å². The number of carbonyl (C=O) groups excluding carboxylic acids is 1. The molecule has 2 fully saturated rings. The van der Waals surface area contributed by atoms with Crippen molar-refractivity contribution in [1.82, 2.24) is 4.90 Å². The van der Waals surface area contributed by atoms with Gasteiger partial charge in [0.2, 0.25) is 5.91 Å². The molecule has 0 aromatic heterocycles. The van der Waals surface area contributed by atoms with Gasteiger partial charge >= 0.3 is 6.36 Å². The summed E-state index contributed by atoms with van der Waals surface area (Å²) < 4.78 is 40.3. The molecule has 0 radical (unpaired) electrons. The van der Waals surface area contributed by atoms with Crippen LogP contribution in [0.4, 0.5) is 13.2 Å². The highest BCUT2D eigenvalue weighted by atomic mass is 19.4. The first-order valence-electron chi connectivity index (χ1n) is 8.07. The van der Waals surface area contributed by atoms with Gasteiger partial charge in [-0.2, -0.15) is 0 Å². The molecule has 1 aliphatic heterocycles. The highest BCUT2D eigenvalue weighted by molar-refractivity contribution is 5.83. The number of halogens is 3. The van der Waals surface area contributed by atoms with Crippen LogP contribution in [0.1, 0.15) is 31.2 Å². The summed E-state index contributed by atoms with van der Waals surface area (Å²) in [4.78, 5) is 14.2. The number of amides is 1. The molecule has 7 heteroatoms. The minimum atomic E-state index is -4.70. The SMILES string of the molecule is CC1CCN(C(=O)C2CC2c2ccc(OC(F)(F)F)cc2)CC1O. The Bertz CT molecular complexity index is 602. The maximum absolute atomic E-state index is 12.5. The molecule has 1 aromatic carbocycles. The van der Waals surface area contributed by atoms with Crippen LogP contribution in [0.15, 0.2) is 24.3 Å². The summed E-state index contributed by atoms with van der Waals surface area (Å²) >= 11 is 0. The first-order chi connectivity index (χ1) is 11.2. The van der Waals surface area contributed by atoms with Crippen LogP contribution >= 0.6 is 0 Å². The Morgan fingerprint density at radius 3 is 2.54 bits per heavy atom. The standard InChI is InChI=1S/C17H20F3NO3/c1-10-6-7-21(9-15(10)22)16(23)14-8-13(14)11-2-4-12(5-3-11)24-17(18,19)20/h2-5,10,13-15,22H,6-9H2,1H3. The van der Waals surface area contributed by atoms with E-state index in [1.165, 1.54) is 12.1 Å². The predicted octanol–water partition coefficient (Wildman–Crippen LogP) is 2.92. The van der Waals surface area contributed by atoms with Gasteiger partial charge in [-0.3, -0.25) is 4.79 Å². The summed E-state index contributed by atoms with van der Waals surface area (Å²) in [6, 6.07) is 5.70. The number of β-amino-alcohol motifs (C(OH)–C–C–N with tert-alkyl or cyclic N) is 1. The van der Waals surface area contributed by atoms with Crippen molar-refractivity contribution in [2.24, 2.45) is 11.8 Å². The molecule has 1 heterocycles. The van der Waals surface area contributed by atoms with Crippen molar-refractivity contribution in [2.75, 3.05) is 13.1 Å². The molecule has 24 heavy (non-hydrogen) atoms. The number of benzene rings is 1. The van der Waals surface area contributed by atoms with E-state index in [0.29, 0.717) is 19.5 Å². The van der Waals surface area contributed by atoms with Crippen LogP contribution in [0.3, 0.4) is 0 Å². The van der Waals surface area contributed by atoms with E-state index in [0.717, 1.165) is 12.0 Å². The van der Waals surface area contributed by atoms with Gasteiger partial charge in [0.15, 0.2) is 0 Å². The van der Waals surface area contributed by atoms with E-state index in [4.69, 9.17) is 0 Å². The van der Waals surface area contributed by atoms with Gasteiger partial charge in [0.25, 0.3) is 0 Å². The number of rotatable bonds is 3. The molecule has 0 spiro atoms. The van der Waals surface area contributed by atoms with Crippen LogP contribution in [0.5, 0.6) is 5.75 Å². The fourth-order valence-electron chi connectivity index (χ4n) is 3.24. The number of hydrogen-bond donors (Lipinski definition) is 1. The topological polar surface area (TPSA) is 49.8 Å². The minimum Gasteiger partial charge on any atom is -0.406 e. The van der Waals surface area contributed by atoms with E-state index in [1.807, 2.05) is 6.92 Å². The number of aliphatic hydroxyl groups is 1. The molecule has 1 amide bonds. The van der Waals surface area contributed by atoms with E-state index in [9.17, 15) is 23.1 Å². The normalized spacial score (nSPS) is 30.1. The Morgan fingerprint density at radius 1 is 1.29 bits per heavy atom. The fourth-order valence-corrected chi connectivity index (χ4v) is 3.24. The van der Waals surface area contributed by atoms with Crippen molar-refractivity contribution in [1.29, 1.82) is 0 Å². The molecule has 3 rings (SSSR count). The number of nitrogens with zero attached hydrogens (tertiary/aromatic N) is 1. The molecule has 1 aliphatic carbocycles. The predicted molar refractivity (Wildman–Crippen MR) is 80.3 cm³/mol. The average Bonchev–Trinajstić information content (AvgIpc) is 3.29.